The smallest absolute Gasteiger partial charge is 0.134 e. The largest absolute Gasteiger partial charge is 0.506 e. The SMILES string of the molecule is COCC1CCN(Cc2cccc(Br)c2O)C1. The lowest BCUT2D eigenvalue weighted by Crippen LogP contribution is -2.21. The summed E-state index contributed by atoms with van der Waals surface area (Å²) < 4.78 is 5.95. The van der Waals surface area contributed by atoms with Gasteiger partial charge in [0.05, 0.1) is 11.1 Å². The Morgan fingerprint density at radius 3 is 3.12 bits per heavy atom. The number of phenolic OH excluding ortho intramolecular Hbond substituents is 1. The molecule has 0 aromatic heterocycles. The predicted molar refractivity (Wildman–Crippen MR) is 71.1 cm³/mol. The van der Waals surface area contributed by atoms with Gasteiger partial charge in [-0.05, 0) is 40.9 Å². The highest BCUT2D eigenvalue weighted by molar-refractivity contribution is 9.10. The maximum Gasteiger partial charge on any atom is 0.134 e. The third-order valence-electron chi connectivity index (χ3n) is 3.24. The first-order chi connectivity index (χ1) is 8.20. The number of hydrogen-bond donors (Lipinski definition) is 1. The third kappa shape index (κ3) is 3.21. The zero-order valence-electron chi connectivity index (χ0n) is 10.0. The molecule has 0 bridgehead atoms. The second kappa shape index (κ2) is 5.85. The van der Waals surface area contributed by atoms with E-state index in [9.17, 15) is 5.11 Å². The van der Waals surface area contributed by atoms with E-state index in [0.29, 0.717) is 11.7 Å². The van der Waals surface area contributed by atoms with Crippen molar-refractivity contribution >= 4 is 15.9 Å². The number of likely N-dealkylation sites (tertiary alicyclic amines) is 1. The normalized spacial score (nSPS) is 20.9. The number of para-hydroxylation sites is 1. The number of ether oxygens (including phenoxy) is 1. The summed E-state index contributed by atoms with van der Waals surface area (Å²) in [5.74, 6) is 0.997. The molecule has 1 aliphatic rings. The molecule has 0 radical (unpaired) electrons. The molecule has 1 fully saturated rings. The fourth-order valence-corrected chi connectivity index (χ4v) is 2.76. The summed E-state index contributed by atoms with van der Waals surface area (Å²) in [6.45, 7) is 3.78. The number of hydrogen-bond acceptors (Lipinski definition) is 3. The van der Waals surface area contributed by atoms with Gasteiger partial charge in [0.1, 0.15) is 5.75 Å². The Bertz CT molecular complexity index is 384. The van der Waals surface area contributed by atoms with E-state index in [2.05, 4.69) is 20.8 Å². The molecule has 1 saturated heterocycles. The summed E-state index contributed by atoms with van der Waals surface area (Å²) in [4.78, 5) is 2.37. The molecule has 1 atom stereocenters. The average molecular weight is 300 g/mol. The van der Waals surface area contributed by atoms with Crippen LogP contribution in [0.3, 0.4) is 0 Å². The van der Waals surface area contributed by atoms with Crippen LogP contribution in [0.25, 0.3) is 0 Å². The topological polar surface area (TPSA) is 32.7 Å². The summed E-state index contributed by atoms with van der Waals surface area (Å²) in [6.07, 6.45) is 1.18. The van der Waals surface area contributed by atoms with Crippen molar-refractivity contribution in [1.29, 1.82) is 0 Å². The van der Waals surface area contributed by atoms with Gasteiger partial charge in [-0.1, -0.05) is 12.1 Å². The molecular formula is C13H18BrNO2. The minimum absolute atomic E-state index is 0.364. The lowest BCUT2D eigenvalue weighted by atomic mass is 10.1. The van der Waals surface area contributed by atoms with Crippen LogP contribution in [0.15, 0.2) is 22.7 Å². The van der Waals surface area contributed by atoms with Gasteiger partial charge in [0.15, 0.2) is 0 Å². The molecule has 17 heavy (non-hydrogen) atoms. The maximum absolute atomic E-state index is 9.93. The van der Waals surface area contributed by atoms with Crippen LogP contribution in [-0.4, -0.2) is 36.8 Å². The summed E-state index contributed by atoms with van der Waals surface area (Å²) in [7, 11) is 1.75. The van der Waals surface area contributed by atoms with Crippen LogP contribution in [-0.2, 0) is 11.3 Å². The lowest BCUT2D eigenvalue weighted by Gasteiger charge is -2.17. The van der Waals surface area contributed by atoms with Crippen LogP contribution in [0.2, 0.25) is 0 Å². The zero-order chi connectivity index (χ0) is 12.3. The second-order valence-corrected chi connectivity index (χ2v) is 5.45. The molecule has 4 heteroatoms. The molecule has 1 aromatic rings. The van der Waals surface area contributed by atoms with Crippen molar-refractivity contribution in [3.63, 3.8) is 0 Å². The van der Waals surface area contributed by atoms with Crippen molar-refractivity contribution in [1.82, 2.24) is 4.90 Å². The van der Waals surface area contributed by atoms with Crippen LogP contribution in [0.5, 0.6) is 5.75 Å². The van der Waals surface area contributed by atoms with Gasteiger partial charge < -0.3 is 9.84 Å². The highest BCUT2D eigenvalue weighted by atomic mass is 79.9. The second-order valence-electron chi connectivity index (χ2n) is 4.59. The van der Waals surface area contributed by atoms with Crippen molar-refractivity contribution in [3.05, 3.63) is 28.2 Å². The molecule has 94 valence electrons. The van der Waals surface area contributed by atoms with Gasteiger partial charge in [-0.15, -0.1) is 0 Å². The van der Waals surface area contributed by atoms with E-state index in [1.54, 1.807) is 7.11 Å². The van der Waals surface area contributed by atoms with Gasteiger partial charge in [-0.2, -0.15) is 0 Å². The highest BCUT2D eigenvalue weighted by Crippen LogP contribution is 2.29. The number of rotatable bonds is 4. The van der Waals surface area contributed by atoms with E-state index < -0.39 is 0 Å². The number of halogens is 1. The molecule has 1 aromatic carbocycles. The molecule has 3 nitrogen and oxygen atoms in total. The fourth-order valence-electron chi connectivity index (χ4n) is 2.36. The molecule has 0 aliphatic carbocycles. The number of methoxy groups -OCH3 is 1. The first-order valence-corrected chi connectivity index (χ1v) is 6.67. The van der Waals surface area contributed by atoms with Crippen molar-refractivity contribution in [2.45, 2.75) is 13.0 Å². The maximum atomic E-state index is 9.93. The van der Waals surface area contributed by atoms with E-state index in [1.165, 1.54) is 6.42 Å². The standard InChI is InChI=1S/C13H18BrNO2/c1-17-9-10-5-6-15(7-10)8-11-3-2-4-12(14)13(11)16/h2-4,10,16H,5-9H2,1H3. The fraction of sp³-hybridized carbons (Fsp3) is 0.538. The van der Waals surface area contributed by atoms with Crippen molar-refractivity contribution in [2.75, 3.05) is 26.8 Å². The van der Waals surface area contributed by atoms with E-state index in [-0.39, 0.29) is 0 Å². The monoisotopic (exact) mass is 299 g/mol. The Labute approximate surface area is 111 Å². The first kappa shape index (κ1) is 12.9. The van der Waals surface area contributed by atoms with Gasteiger partial charge in [-0.3, -0.25) is 4.90 Å². The van der Waals surface area contributed by atoms with Gasteiger partial charge >= 0.3 is 0 Å². The third-order valence-corrected chi connectivity index (χ3v) is 3.88. The Balaban J connectivity index is 1.96. The zero-order valence-corrected chi connectivity index (χ0v) is 11.6. The number of aromatic hydroxyl groups is 1. The van der Waals surface area contributed by atoms with Crippen LogP contribution in [0.4, 0.5) is 0 Å². The van der Waals surface area contributed by atoms with Crippen molar-refractivity contribution in [2.24, 2.45) is 5.92 Å². The van der Waals surface area contributed by atoms with Gasteiger partial charge in [0.25, 0.3) is 0 Å². The quantitative estimate of drug-likeness (QED) is 0.928. The minimum atomic E-state index is 0.364. The first-order valence-electron chi connectivity index (χ1n) is 5.88. The number of phenols is 1. The van der Waals surface area contributed by atoms with Gasteiger partial charge in [-0.25, -0.2) is 0 Å². The Morgan fingerprint density at radius 1 is 1.53 bits per heavy atom. The molecule has 0 saturated carbocycles. The van der Waals surface area contributed by atoms with Gasteiger partial charge in [0, 0.05) is 25.8 Å². The molecular weight excluding hydrogens is 282 g/mol. The summed E-state index contributed by atoms with van der Waals surface area (Å²) in [5, 5.41) is 9.93. The predicted octanol–water partition coefficient (Wildman–Crippen LogP) is 2.62. The van der Waals surface area contributed by atoms with E-state index in [0.717, 1.165) is 36.3 Å². The number of nitrogens with zero attached hydrogens (tertiary/aromatic N) is 1. The molecule has 1 unspecified atom stereocenters. The highest BCUT2D eigenvalue weighted by Gasteiger charge is 2.23. The van der Waals surface area contributed by atoms with Crippen molar-refractivity contribution in [3.8, 4) is 5.75 Å². The van der Waals surface area contributed by atoms with Crippen LogP contribution in [0, 0.1) is 5.92 Å². The summed E-state index contributed by atoms with van der Waals surface area (Å²) in [5.41, 5.74) is 0.984. The molecule has 1 N–H and O–H groups in total. The van der Waals surface area contributed by atoms with Crippen LogP contribution >= 0.6 is 15.9 Å². The number of benzene rings is 1. The van der Waals surface area contributed by atoms with E-state index >= 15 is 0 Å². The van der Waals surface area contributed by atoms with Crippen molar-refractivity contribution < 1.29 is 9.84 Å². The summed E-state index contributed by atoms with van der Waals surface area (Å²) >= 11 is 3.34. The Kier molecular flexibility index (Phi) is 4.42. The average Bonchev–Trinajstić information content (AvgIpc) is 2.73. The van der Waals surface area contributed by atoms with Crippen LogP contribution < -0.4 is 0 Å². The minimum Gasteiger partial charge on any atom is -0.506 e. The lowest BCUT2D eigenvalue weighted by molar-refractivity contribution is 0.152. The van der Waals surface area contributed by atoms with E-state index in [4.69, 9.17) is 4.74 Å². The Morgan fingerprint density at radius 2 is 2.35 bits per heavy atom. The molecule has 1 heterocycles. The molecule has 0 amide bonds. The Hall–Kier alpha value is -0.580. The van der Waals surface area contributed by atoms with E-state index in [1.807, 2.05) is 18.2 Å². The molecule has 0 spiro atoms. The molecule has 2 rings (SSSR count). The van der Waals surface area contributed by atoms with Gasteiger partial charge in [0.2, 0.25) is 0 Å². The molecule has 1 aliphatic heterocycles. The summed E-state index contributed by atoms with van der Waals surface area (Å²) in [6, 6.07) is 5.79. The van der Waals surface area contributed by atoms with Crippen LogP contribution in [0.1, 0.15) is 12.0 Å².